The second-order valence-corrected chi connectivity index (χ2v) is 5.60. The third-order valence-electron chi connectivity index (χ3n) is 3.56. The van der Waals surface area contributed by atoms with Crippen LogP contribution in [0.25, 0.3) is 0 Å². The van der Waals surface area contributed by atoms with Gasteiger partial charge in [0.05, 0.1) is 32.1 Å². The first kappa shape index (κ1) is 23.0. The highest BCUT2D eigenvalue weighted by atomic mass is 127. The molecular formula is C20H28IN3O3. The fraction of sp³-hybridized carbons (Fsp3) is 0.350. The molecule has 0 aliphatic rings. The van der Waals surface area contributed by atoms with Crippen LogP contribution in [0, 0.1) is 0 Å². The first-order valence-corrected chi connectivity index (χ1v) is 8.69. The molecule has 0 saturated carbocycles. The first-order valence-electron chi connectivity index (χ1n) is 8.69. The number of nitrogens with two attached hydrogens (primary N) is 1. The predicted molar refractivity (Wildman–Crippen MR) is 120 cm³/mol. The molecule has 2 rings (SSSR count). The number of aliphatic imine (C=N–C) groups is 1. The molecule has 2 aromatic rings. The lowest BCUT2D eigenvalue weighted by atomic mass is 10.1. The molecule has 6 nitrogen and oxygen atoms in total. The minimum Gasteiger partial charge on any atom is -0.494 e. The SMILES string of the molecule is CCOc1ccc(OCC)c(NC(N)=NCc2cccc(COC)c2)c1.I. The topological polar surface area (TPSA) is 78.1 Å². The summed E-state index contributed by atoms with van der Waals surface area (Å²) in [6.07, 6.45) is 0. The molecule has 0 amide bonds. The Kier molecular flexibility index (Phi) is 10.6. The molecule has 2 aromatic carbocycles. The molecule has 0 unspecified atom stereocenters. The maximum Gasteiger partial charge on any atom is 0.193 e. The van der Waals surface area contributed by atoms with E-state index in [1.807, 2.05) is 50.2 Å². The molecule has 7 heteroatoms. The summed E-state index contributed by atoms with van der Waals surface area (Å²) in [6.45, 7) is 6.08. The summed E-state index contributed by atoms with van der Waals surface area (Å²) < 4.78 is 16.3. The van der Waals surface area contributed by atoms with Crippen LogP contribution >= 0.6 is 24.0 Å². The van der Waals surface area contributed by atoms with Crippen molar-refractivity contribution in [3.8, 4) is 11.5 Å². The van der Waals surface area contributed by atoms with Crippen molar-refractivity contribution in [2.75, 3.05) is 25.6 Å². The molecule has 0 heterocycles. The number of benzene rings is 2. The van der Waals surface area contributed by atoms with Crippen LogP contribution in [-0.2, 0) is 17.9 Å². The Morgan fingerprint density at radius 1 is 1.04 bits per heavy atom. The fourth-order valence-electron chi connectivity index (χ4n) is 2.48. The maximum absolute atomic E-state index is 6.06. The number of ether oxygens (including phenoxy) is 3. The molecule has 0 atom stereocenters. The number of hydrogen-bond acceptors (Lipinski definition) is 4. The van der Waals surface area contributed by atoms with Gasteiger partial charge in [-0.05, 0) is 37.1 Å². The molecule has 0 radical (unpaired) electrons. The van der Waals surface area contributed by atoms with E-state index >= 15 is 0 Å². The van der Waals surface area contributed by atoms with Gasteiger partial charge in [-0.2, -0.15) is 0 Å². The summed E-state index contributed by atoms with van der Waals surface area (Å²) in [6, 6.07) is 13.7. The van der Waals surface area contributed by atoms with Gasteiger partial charge in [0, 0.05) is 13.2 Å². The number of nitrogens with zero attached hydrogens (tertiary/aromatic N) is 1. The summed E-state index contributed by atoms with van der Waals surface area (Å²) in [5.74, 6) is 1.77. The summed E-state index contributed by atoms with van der Waals surface area (Å²) >= 11 is 0. The third-order valence-corrected chi connectivity index (χ3v) is 3.56. The highest BCUT2D eigenvalue weighted by Gasteiger charge is 2.07. The van der Waals surface area contributed by atoms with E-state index in [-0.39, 0.29) is 24.0 Å². The van der Waals surface area contributed by atoms with Gasteiger partial charge < -0.3 is 25.3 Å². The van der Waals surface area contributed by atoms with Crippen molar-refractivity contribution >= 4 is 35.6 Å². The van der Waals surface area contributed by atoms with E-state index in [0.29, 0.717) is 38.1 Å². The van der Waals surface area contributed by atoms with Gasteiger partial charge in [0.2, 0.25) is 0 Å². The van der Waals surface area contributed by atoms with E-state index < -0.39 is 0 Å². The molecule has 148 valence electrons. The highest BCUT2D eigenvalue weighted by Crippen LogP contribution is 2.29. The van der Waals surface area contributed by atoms with Crippen LogP contribution in [0.1, 0.15) is 25.0 Å². The number of guanidine groups is 1. The zero-order valence-corrected chi connectivity index (χ0v) is 18.4. The van der Waals surface area contributed by atoms with Crippen molar-refractivity contribution in [2.24, 2.45) is 10.7 Å². The Morgan fingerprint density at radius 3 is 2.48 bits per heavy atom. The van der Waals surface area contributed by atoms with Crippen LogP contribution in [-0.4, -0.2) is 26.3 Å². The molecular weight excluding hydrogens is 457 g/mol. The summed E-state index contributed by atoms with van der Waals surface area (Å²) in [7, 11) is 1.68. The average Bonchev–Trinajstić information content (AvgIpc) is 2.63. The van der Waals surface area contributed by atoms with Crippen LogP contribution in [0.3, 0.4) is 0 Å². The van der Waals surface area contributed by atoms with Gasteiger partial charge in [0.1, 0.15) is 11.5 Å². The Morgan fingerprint density at radius 2 is 1.78 bits per heavy atom. The molecule has 0 bridgehead atoms. The lowest BCUT2D eigenvalue weighted by molar-refractivity contribution is 0.185. The Labute approximate surface area is 178 Å². The van der Waals surface area contributed by atoms with Crippen molar-refractivity contribution in [3.63, 3.8) is 0 Å². The molecule has 0 aliphatic carbocycles. The minimum atomic E-state index is 0. The lowest BCUT2D eigenvalue weighted by Crippen LogP contribution is -2.23. The molecule has 0 aliphatic heterocycles. The van der Waals surface area contributed by atoms with E-state index in [4.69, 9.17) is 19.9 Å². The third kappa shape index (κ3) is 7.64. The molecule has 0 aromatic heterocycles. The lowest BCUT2D eigenvalue weighted by Gasteiger charge is -2.14. The number of anilines is 1. The normalized spacial score (nSPS) is 10.9. The standard InChI is InChI=1S/C20H27N3O3.HI/c1-4-25-17-9-10-19(26-5-2)18(12-17)23-20(21)22-13-15-7-6-8-16(11-15)14-24-3;/h6-12H,4-5,13-14H2,1-3H3,(H3,21,22,23);1H. The molecule has 0 fully saturated rings. The van der Waals surface area contributed by atoms with Crippen molar-refractivity contribution in [1.29, 1.82) is 0 Å². The van der Waals surface area contributed by atoms with E-state index in [0.717, 1.165) is 22.6 Å². The largest absolute Gasteiger partial charge is 0.494 e. The van der Waals surface area contributed by atoms with Crippen LogP contribution in [0.2, 0.25) is 0 Å². The molecule has 27 heavy (non-hydrogen) atoms. The molecule has 0 spiro atoms. The Balaban J connectivity index is 0.00000364. The highest BCUT2D eigenvalue weighted by molar-refractivity contribution is 14.0. The van der Waals surface area contributed by atoms with E-state index in [1.165, 1.54) is 0 Å². The van der Waals surface area contributed by atoms with Gasteiger partial charge >= 0.3 is 0 Å². The predicted octanol–water partition coefficient (Wildman–Crippen LogP) is 4.18. The Hall–Kier alpha value is -2.00. The summed E-state index contributed by atoms with van der Waals surface area (Å²) in [5.41, 5.74) is 8.96. The van der Waals surface area contributed by atoms with Crippen LogP contribution in [0.4, 0.5) is 5.69 Å². The van der Waals surface area contributed by atoms with Crippen molar-refractivity contribution < 1.29 is 14.2 Å². The smallest absolute Gasteiger partial charge is 0.193 e. The van der Waals surface area contributed by atoms with E-state index in [1.54, 1.807) is 7.11 Å². The number of halogens is 1. The van der Waals surface area contributed by atoms with Crippen molar-refractivity contribution in [1.82, 2.24) is 0 Å². The second-order valence-electron chi connectivity index (χ2n) is 5.60. The van der Waals surface area contributed by atoms with Gasteiger partial charge in [0.15, 0.2) is 5.96 Å². The first-order chi connectivity index (χ1) is 12.7. The van der Waals surface area contributed by atoms with Gasteiger partial charge in [0.25, 0.3) is 0 Å². The zero-order valence-electron chi connectivity index (χ0n) is 16.0. The number of hydrogen-bond donors (Lipinski definition) is 2. The van der Waals surface area contributed by atoms with Crippen molar-refractivity contribution in [3.05, 3.63) is 53.6 Å². The van der Waals surface area contributed by atoms with Crippen molar-refractivity contribution in [2.45, 2.75) is 27.0 Å². The molecule has 3 N–H and O–H groups in total. The fourth-order valence-corrected chi connectivity index (χ4v) is 2.48. The minimum absolute atomic E-state index is 0. The Bertz CT molecular complexity index is 738. The number of methoxy groups -OCH3 is 1. The maximum atomic E-state index is 6.06. The van der Waals surface area contributed by atoms with E-state index in [9.17, 15) is 0 Å². The van der Waals surface area contributed by atoms with Crippen LogP contribution in [0.15, 0.2) is 47.5 Å². The zero-order chi connectivity index (χ0) is 18.8. The quantitative estimate of drug-likeness (QED) is 0.317. The van der Waals surface area contributed by atoms with E-state index in [2.05, 4.69) is 16.4 Å². The van der Waals surface area contributed by atoms with Gasteiger partial charge in [-0.25, -0.2) is 4.99 Å². The molecule has 0 saturated heterocycles. The summed E-state index contributed by atoms with van der Waals surface area (Å²) in [5, 5.41) is 3.10. The summed E-state index contributed by atoms with van der Waals surface area (Å²) in [4.78, 5) is 4.41. The second kappa shape index (κ2) is 12.4. The monoisotopic (exact) mass is 485 g/mol. The van der Waals surface area contributed by atoms with Crippen LogP contribution in [0.5, 0.6) is 11.5 Å². The van der Waals surface area contributed by atoms with Gasteiger partial charge in [-0.3, -0.25) is 0 Å². The van der Waals surface area contributed by atoms with Gasteiger partial charge in [-0.1, -0.05) is 24.3 Å². The number of nitrogens with one attached hydrogen (secondary N) is 1. The number of rotatable bonds is 9. The van der Waals surface area contributed by atoms with Crippen LogP contribution < -0.4 is 20.5 Å². The van der Waals surface area contributed by atoms with Gasteiger partial charge in [-0.15, -0.1) is 24.0 Å². The average molecular weight is 485 g/mol.